The Morgan fingerprint density at radius 3 is 2.79 bits per heavy atom. The Morgan fingerprint density at radius 1 is 1.28 bits per heavy atom. The first kappa shape index (κ1) is 26.9. The van der Waals surface area contributed by atoms with E-state index in [1.807, 2.05) is 10.2 Å². The molecule has 1 unspecified atom stereocenters. The smallest absolute Gasteiger partial charge is 0.408 e. The van der Waals surface area contributed by atoms with E-state index in [1.165, 1.54) is 23.4 Å². The van der Waals surface area contributed by atoms with Crippen LogP contribution >= 0.6 is 0 Å². The molecule has 3 aliphatic rings. The lowest BCUT2D eigenvalue weighted by molar-refractivity contribution is -0.149. The highest BCUT2D eigenvalue weighted by Gasteiger charge is 2.41. The molecular weight excluding hydrogens is 523 g/mol. The van der Waals surface area contributed by atoms with Crippen LogP contribution in [0.4, 0.5) is 35.3 Å². The topological polar surface area (TPSA) is 131 Å². The Hall–Kier alpha value is -3.72. The van der Waals surface area contributed by atoms with Gasteiger partial charge in [-0.3, -0.25) is 15.0 Å². The van der Waals surface area contributed by atoms with Gasteiger partial charge < -0.3 is 24.4 Å². The molecule has 210 valence electrons. The van der Waals surface area contributed by atoms with E-state index >= 15 is 0 Å². The molecule has 15 heteroatoms. The maximum Gasteiger partial charge on any atom is 0.408 e. The van der Waals surface area contributed by atoms with Crippen molar-refractivity contribution < 1.29 is 37.0 Å². The molecule has 5 heterocycles. The molecular formula is C24H28F3N7O5. The SMILES string of the molecule is C[C@@H](NC(=O)c1ccc2c(n1)N(C(=O)Nc1cc(OC[C@H]3COC(C)(C)O3)ncn1)C1CCN2C1)C(F)(F)F. The molecule has 2 aromatic heterocycles. The van der Waals surface area contributed by atoms with Crippen LogP contribution in [0.15, 0.2) is 24.5 Å². The number of urea groups is 1. The quantitative estimate of drug-likeness (QED) is 0.556. The van der Waals surface area contributed by atoms with Gasteiger partial charge in [0.05, 0.1) is 18.3 Å². The van der Waals surface area contributed by atoms with E-state index in [0.29, 0.717) is 31.8 Å². The second-order valence-electron chi connectivity index (χ2n) is 9.97. The predicted molar refractivity (Wildman–Crippen MR) is 132 cm³/mol. The first-order valence-electron chi connectivity index (χ1n) is 12.4. The fourth-order valence-corrected chi connectivity index (χ4v) is 4.63. The molecule has 2 N–H and O–H groups in total. The summed E-state index contributed by atoms with van der Waals surface area (Å²) in [7, 11) is 0. The summed E-state index contributed by atoms with van der Waals surface area (Å²) >= 11 is 0. The van der Waals surface area contributed by atoms with Crippen molar-refractivity contribution in [2.24, 2.45) is 0 Å². The summed E-state index contributed by atoms with van der Waals surface area (Å²) in [5.74, 6) is -1.11. The van der Waals surface area contributed by atoms with Crippen molar-refractivity contribution in [2.75, 3.05) is 41.4 Å². The van der Waals surface area contributed by atoms with Crippen molar-refractivity contribution in [1.29, 1.82) is 0 Å². The number of carbonyl (C=O) groups is 2. The van der Waals surface area contributed by atoms with Crippen LogP contribution in [0, 0.1) is 0 Å². The number of ether oxygens (including phenoxy) is 3. The average molecular weight is 552 g/mol. The average Bonchev–Trinajstić information content (AvgIpc) is 3.45. The number of hydrogen-bond acceptors (Lipinski definition) is 9. The van der Waals surface area contributed by atoms with Gasteiger partial charge in [0.2, 0.25) is 5.88 Å². The first-order valence-corrected chi connectivity index (χ1v) is 12.4. The molecule has 0 radical (unpaired) electrons. The van der Waals surface area contributed by atoms with Gasteiger partial charge >= 0.3 is 12.2 Å². The Balaban J connectivity index is 1.31. The molecule has 5 rings (SSSR count). The van der Waals surface area contributed by atoms with Crippen molar-refractivity contribution >= 4 is 29.3 Å². The summed E-state index contributed by atoms with van der Waals surface area (Å²) in [6.07, 6.45) is -2.99. The minimum atomic E-state index is -4.60. The Labute approximate surface area is 221 Å². The first-order chi connectivity index (χ1) is 18.4. The zero-order valence-electron chi connectivity index (χ0n) is 21.5. The van der Waals surface area contributed by atoms with Crippen LogP contribution in [-0.4, -0.2) is 83.3 Å². The number of nitrogens with one attached hydrogen (secondary N) is 2. The largest absolute Gasteiger partial charge is 0.475 e. The van der Waals surface area contributed by atoms with Gasteiger partial charge in [-0.2, -0.15) is 13.2 Å². The van der Waals surface area contributed by atoms with Crippen LogP contribution in [0.1, 0.15) is 37.7 Å². The van der Waals surface area contributed by atoms with E-state index in [9.17, 15) is 22.8 Å². The van der Waals surface area contributed by atoms with Crippen LogP contribution in [0.5, 0.6) is 5.88 Å². The second kappa shape index (κ2) is 10.1. The van der Waals surface area contributed by atoms with Crippen LogP contribution in [0.2, 0.25) is 0 Å². The molecule has 3 amide bonds. The molecule has 3 aliphatic heterocycles. The molecule has 0 saturated carbocycles. The number of pyridine rings is 1. The van der Waals surface area contributed by atoms with E-state index in [-0.39, 0.29) is 42.0 Å². The van der Waals surface area contributed by atoms with Gasteiger partial charge in [-0.25, -0.2) is 19.7 Å². The molecule has 12 nitrogen and oxygen atoms in total. The zero-order chi connectivity index (χ0) is 27.9. The third kappa shape index (κ3) is 5.83. The number of anilines is 3. The van der Waals surface area contributed by atoms with Gasteiger partial charge in [0.15, 0.2) is 11.6 Å². The summed E-state index contributed by atoms with van der Waals surface area (Å²) in [6.45, 7) is 6.23. The van der Waals surface area contributed by atoms with E-state index < -0.39 is 29.9 Å². The molecule has 39 heavy (non-hydrogen) atoms. The third-order valence-electron chi connectivity index (χ3n) is 6.60. The van der Waals surface area contributed by atoms with Gasteiger partial charge in [0.1, 0.15) is 36.6 Å². The number of rotatable bonds is 6. The standard InChI is InChI=1S/C24H28F3N7O5/c1-13(24(25,26)27)30-21(35)16-4-5-17-20(31-16)34(14-6-7-33(17)9-14)22(36)32-18-8-19(29-12-28-18)37-10-15-11-38-23(2,3)39-15/h4-5,8,12-15H,6-7,9-11H2,1-3H3,(H,30,35)(H,28,29,32,36)/t13-,14?,15+/m1/s1. The van der Waals surface area contributed by atoms with E-state index in [4.69, 9.17) is 14.2 Å². The number of aromatic nitrogens is 3. The van der Waals surface area contributed by atoms with E-state index in [1.54, 1.807) is 19.9 Å². The minimum absolute atomic E-state index is 0.170. The summed E-state index contributed by atoms with van der Waals surface area (Å²) in [5.41, 5.74) is 0.372. The number of nitrogens with zero attached hydrogens (tertiary/aromatic N) is 5. The molecule has 2 saturated heterocycles. The van der Waals surface area contributed by atoms with E-state index in [2.05, 4.69) is 20.3 Å². The van der Waals surface area contributed by atoms with Crippen LogP contribution in [0.25, 0.3) is 0 Å². The number of alkyl halides is 3. The second-order valence-corrected chi connectivity index (χ2v) is 9.97. The van der Waals surface area contributed by atoms with Crippen molar-refractivity contribution in [3.63, 3.8) is 0 Å². The van der Waals surface area contributed by atoms with Crippen molar-refractivity contribution in [3.8, 4) is 5.88 Å². The summed E-state index contributed by atoms with van der Waals surface area (Å²) in [6, 6.07) is 1.52. The summed E-state index contributed by atoms with van der Waals surface area (Å²) < 4.78 is 55.7. The van der Waals surface area contributed by atoms with E-state index in [0.717, 1.165) is 6.92 Å². The molecule has 2 fully saturated rings. The molecule has 0 aliphatic carbocycles. The van der Waals surface area contributed by atoms with Crippen LogP contribution < -0.4 is 25.2 Å². The molecule has 2 bridgehead atoms. The van der Waals surface area contributed by atoms with Gasteiger partial charge in [0, 0.05) is 19.2 Å². The highest BCUT2D eigenvalue weighted by molar-refractivity contribution is 6.05. The fraction of sp³-hybridized carbons (Fsp3) is 0.542. The normalized spacial score (nSPS) is 22.3. The highest BCUT2D eigenvalue weighted by atomic mass is 19.4. The lowest BCUT2D eigenvalue weighted by Crippen LogP contribution is -2.49. The number of amides is 3. The minimum Gasteiger partial charge on any atom is -0.475 e. The summed E-state index contributed by atoms with van der Waals surface area (Å²) in [5, 5.41) is 4.61. The summed E-state index contributed by atoms with van der Waals surface area (Å²) in [4.78, 5) is 41.8. The molecule has 0 spiro atoms. The van der Waals surface area contributed by atoms with Crippen LogP contribution in [-0.2, 0) is 9.47 Å². The van der Waals surface area contributed by atoms with Crippen LogP contribution in [0.3, 0.4) is 0 Å². The maximum atomic E-state index is 13.4. The number of halogens is 3. The lowest BCUT2D eigenvalue weighted by atomic mass is 10.1. The van der Waals surface area contributed by atoms with Gasteiger partial charge in [-0.15, -0.1) is 0 Å². The Bertz CT molecular complexity index is 1260. The lowest BCUT2D eigenvalue weighted by Gasteiger charge is -2.35. The number of fused-ring (bicyclic) bond motifs is 4. The van der Waals surface area contributed by atoms with Gasteiger partial charge in [-0.1, -0.05) is 0 Å². The van der Waals surface area contributed by atoms with Crippen molar-refractivity contribution in [1.82, 2.24) is 20.3 Å². The molecule has 3 atom stereocenters. The van der Waals surface area contributed by atoms with Crippen molar-refractivity contribution in [3.05, 3.63) is 30.2 Å². The van der Waals surface area contributed by atoms with Gasteiger partial charge in [-0.05, 0) is 39.3 Å². The highest BCUT2D eigenvalue weighted by Crippen LogP contribution is 2.39. The van der Waals surface area contributed by atoms with Gasteiger partial charge in [0.25, 0.3) is 5.91 Å². The molecule has 0 aromatic carbocycles. The molecule has 2 aromatic rings. The number of carbonyl (C=O) groups excluding carboxylic acids is 2. The zero-order valence-corrected chi connectivity index (χ0v) is 21.5. The monoisotopic (exact) mass is 551 g/mol. The Morgan fingerprint density at radius 2 is 2.08 bits per heavy atom. The maximum absolute atomic E-state index is 13.4. The van der Waals surface area contributed by atoms with Crippen molar-refractivity contribution in [2.45, 2.75) is 57.3 Å². The predicted octanol–water partition coefficient (Wildman–Crippen LogP) is 2.71. The Kier molecular flexibility index (Phi) is 6.97. The third-order valence-corrected chi connectivity index (χ3v) is 6.60. The number of hydrogen-bond donors (Lipinski definition) is 2. The fourth-order valence-electron chi connectivity index (χ4n) is 4.63.